The van der Waals surface area contributed by atoms with E-state index in [0.29, 0.717) is 5.69 Å². The van der Waals surface area contributed by atoms with E-state index in [-0.39, 0.29) is 23.6 Å². The van der Waals surface area contributed by atoms with E-state index in [2.05, 4.69) is 0 Å². The zero-order valence-corrected chi connectivity index (χ0v) is 12.9. The minimum absolute atomic E-state index is 0.106. The summed E-state index contributed by atoms with van der Waals surface area (Å²) in [6.45, 7) is 3.54. The molecule has 6 nitrogen and oxygen atoms in total. The van der Waals surface area contributed by atoms with Gasteiger partial charge < -0.3 is 0 Å². The lowest BCUT2D eigenvalue weighted by Gasteiger charge is -2.21. The van der Waals surface area contributed by atoms with Gasteiger partial charge in [-0.15, -0.1) is 0 Å². The lowest BCUT2D eigenvalue weighted by Crippen LogP contribution is -2.36. The van der Waals surface area contributed by atoms with Gasteiger partial charge in [0.05, 0.1) is 10.6 Å². The molecule has 2 aromatic carbocycles. The molecule has 0 heterocycles. The number of hydrogen-bond acceptors (Lipinski definition) is 4. The van der Waals surface area contributed by atoms with Crippen LogP contribution in [0, 0.1) is 17.0 Å². The van der Waals surface area contributed by atoms with Crippen molar-refractivity contribution in [1.29, 1.82) is 0 Å². The fourth-order valence-electron chi connectivity index (χ4n) is 2.15. The van der Waals surface area contributed by atoms with Crippen molar-refractivity contribution in [3.05, 3.63) is 69.8 Å². The zero-order valence-electron chi connectivity index (χ0n) is 12.9. The first-order valence-corrected chi connectivity index (χ1v) is 7.12. The van der Waals surface area contributed by atoms with E-state index in [9.17, 15) is 19.7 Å². The molecule has 2 rings (SSSR count). The number of non-ortho nitro benzene ring substituents is 1. The third kappa shape index (κ3) is 3.60. The molecule has 6 heteroatoms. The van der Waals surface area contributed by atoms with E-state index in [4.69, 9.17) is 0 Å². The maximum absolute atomic E-state index is 12.7. The monoisotopic (exact) mass is 312 g/mol. The van der Waals surface area contributed by atoms with Gasteiger partial charge in [0.2, 0.25) is 5.91 Å². The lowest BCUT2D eigenvalue weighted by atomic mass is 10.1. The number of anilines is 1. The Hall–Kier alpha value is -3.02. The molecular formula is C17H16N2O4. The predicted octanol–water partition coefficient (Wildman–Crippen LogP) is 3.49. The molecule has 2 aromatic rings. The molecule has 0 aliphatic rings. The Morgan fingerprint density at radius 3 is 2.30 bits per heavy atom. The van der Waals surface area contributed by atoms with Gasteiger partial charge in [-0.1, -0.05) is 19.1 Å². The molecule has 0 aromatic heterocycles. The van der Waals surface area contributed by atoms with Crippen molar-refractivity contribution in [3.8, 4) is 0 Å². The molecule has 0 aliphatic heterocycles. The summed E-state index contributed by atoms with van der Waals surface area (Å²) < 4.78 is 0. The predicted molar refractivity (Wildman–Crippen MR) is 86.4 cm³/mol. The van der Waals surface area contributed by atoms with Crippen LogP contribution in [0.4, 0.5) is 11.4 Å². The SMILES string of the molecule is CCC(=O)N(C(=O)c1ccc([N+](=O)[O-])cc1)c1cccc(C)c1. The Labute approximate surface area is 133 Å². The smallest absolute Gasteiger partial charge is 0.269 e. The van der Waals surface area contributed by atoms with Crippen LogP contribution in [0.1, 0.15) is 29.3 Å². The van der Waals surface area contributed by atoms with Gasteiger partial charge in [-0.2, -0.15) is 0 Å². The van der Waals surface area contributed by atoms with Gasteiger partial charge in [0.25, 0.3) is 11.6 Å². The van der Waals surface area contributed by atoms with E-state index in [1.54, 1.807) is 25.1 Å². The van der Waals surface area contributed by atoms with Crippen LogP contribution in [-0.2, 0) is 4.79 Å². The minimum atomic E-state index is -0.538. The summed E-state index contributed by atoms with van der Waals surface area (Å²) in [5, 5.41) is 10.7. The number of carbonyl (C=O) groups is 2. The van der Waals surface area contributed by atoms with Crippen LogP contribution in [-0.4, -0.2) is 16.7 Å². The quantitative estimate of drug-likeness (QED) is 0.639. The van der Waals surface area contributed by atoms with Crippen LogP contribution in [0.25, 0.3) is 0 Å². The molecule has 0 N–H and O–H groups in total. The average Bonchev–Trinajstić information content (AvgIpc) is 2.55. The summed E-state index contributed by atoms with van der Waals surface area (Å²) in [5.74, 6) is -0.837. The van der Waals surface area contributed by atoms with Gasteiger partial charge in [0.1, 0.15) is 0 Å². The van der Waals surface area contributed by atoms with Crippen LogP contribution < -0.4 is 4.90 Å². The van der Waals surface area contributed by atoms with Crippen LogP contribution in [0.2, 0.25) is 0 Å². The standard InChI is InChI=1S/C17H16N2O4/c1-3-16(20)18(15-6-4-5-12(2)11-15)17(21)13-7-9-14(10-8-13)19(22)23/h4-11H,3H2,1-2H3. The van der Waals surface area contributed by atoms with Crippen molar-refractivity contribution < 1.29 is 14.5 Å². The molecule has 2 amide bonds. The first-order chi connectivity index (χ1) is 10.9. The van der Waals surface area contributed by atoms with Gasteiger partial charge in [0.15, 0.2) is 0 Å². The second kappa shape index (κ2) is 6.83. The topological polar surface area (TPSA) is 80.5 Å². The Bertz CT molecular complexity index is 753. The number of aryl methyl sites for hydroxylation is 1. The largest absolute Gasteiger partial charge is 0.274 e. The third-order valence-electron chi connectivity index (χ3n) is 3.34. The molecular weight excluding hydrogens is 296 g/mol. The van der Waals surface area contributed by atoms with Gasteiger partial charge in [0, 0.05) is 24.1 Å². The molecule has 0 aliphatic carbocycles. The highest BCUT2D eigenvalue weighted by atomic mass is 16.6. The number of hydrogen-bond donors (Lipinski definition) is 0. The van der Waals surface area contributed by atoms with E-state index < -0.39 is 10.8 Å². The first-order valence-electron chi connectivity index (χ1n) is 7.12. The van der Waals surface area contributed by atoms with Crippen molar-refractivity contribution >= 4 is 23.2 Å². The first kappa shape index (κ1) is 16.4. The Kier molecular flexibility index (Phi) is 4.85. The van der Waals surface area contributed by atoms with Crippen LogP contribution in [0.3, 0.4) is 0 Å². The van der Waals surface area contributed by atoms with Crippen LogP contribution in [0.5, 0.6) is 0 Å². The highest BCUT2D eigenvalue weighted by Gasteiger charge is 2.24. The molecule has 0 saturated carbocycles. The number of carbonyl (C=O) groups excluding carboxylic acids is 2. The number of nitro groups is 1. The summed E-state index contributed by atoms with van der Waals surface area (Å²) in [5.41, 5.74) is 1.53. The highest BCUT2D eigenvalue weighted by Crippen LogP contribution is 2.21. The maximum Gasteiger partial charge on any atom is 0.269 e. The highest BCUT2D eigenvalue weighted by molar-refractivity contribution is 6.21. The number of imide groups is 1. The maximum atomic E-state index is 12.7. The Morgan fingerprint density at radius 1 is 1.13 bits per heavy atom. The van der Waals surface area contributed by atoms with Crippen LogP contribution in [0.15, 0.2) is 48.5 Å². The summed E-state index contributed by atoms with van der Waals surface area (Å²) in [4.78, 5) is 36.1. The zero-order chi connectivity index (χ0) is 17.0. The normalized spacial score (nSPS) is 10.2. The lowest BCUT2D eigenvalue weighted by molar-refractivity contribution is -0.384. The fourth-order valence-corrected chi connectivity index (χ4v) is 2.15. The van der Waals surface area contributed by atoms with E-state index in [1.807, 2.05) is 13.0 Å². The van der Waals surface area contributed by atoms with Gasteiger partial charge >= 0.3 is 0 Å². The van der Waals surface area contributed by atoms with Crippen molar-refractivity contribution in [1.82, 2.24) is 0 Å². The molecule has 0 radical (unpaired) electrons. The van der Waals surface area contributed by atoms with Crippen LogP contribution >= 0.6 is 0 Å². The number of nitro benzene ring substituents is 1. The molecule has 0 spiro atoms. The Balaban J connectivity index is 2.41. The number of benzene rings is 2. The molecule has 118 valence electrons. The summed E-state index contributed by atoms with van der Waals surface area (Å²) >= 11 is 0. The van der Waals surface area contributed by atoms with Crippen molar-refractivity contribution in [2.45, 2.75) is 20.3 Å². The van der Waals surface area contributed by atoms with E-state index >= 15 is 0 Å². The Morgan fingerprint density at radius 2 is 1.78 bits per heavy atom. The average molecular weight is 312 g/mol. The molecule has 0 saturated heterocycles. The molecule has 0 bridgehead atoms. The molecule has 0 unspecified atom stereocenters. The molecule has 23 heavy (non-hydrogen) atoms. The molecule has 0 fully saturated rings. The van der Waals surface area contributed by atoms with Gasteiger partial charge in [-0.05, 0) is 36.8 Å². The van der Waals surface area contributed by atoms with E-state index in [1.165, 1.54) is 24.3 Å². The van der Waals surface area contributed by atoms with Crippen molar-refractivity contribution in [2.75, 3.05) is 4.90 Å². The number of amides is 2. The van der Waals surface area contributed by atoms with Crippen molar-refractivity contribution in [3.63, 3.8) is 0 Å². The summed E-state index contributed by atoms with van der Waals surface area (Å²) in [6, 6.07) is 12.3. The number of nitrogens with zero attached hydrogens (tertiary/aromatic N) is 2. The van der Waals surface area contributed by atoms with E-state index in [0.717, 1.165) is 10.5 Å². The van der Waals surface area contributed by atoms with Gasteiger partial charge in [-0.3, -0.25) is 19.7 Å². The second-order valence-electron chi connectivity index (χ2n) is 5.03. The summed E-state index contributed by atoms with van der Waals surface area (Å²) in [7, 11) is 0. The number of rotatable bonds is 4. The second-order valence-corrected chi connectivity index (χ2v) is 5.03. The third-order valence-corrected chi connectivity index (χ3v) is 3.34. The van der Waals surface area contributed by atoms with Crippen molar-refractivity contribution in [2.24, 2.45) is 0 Å². The molecule has 0 atom stereocenters. The minimum Gasteiger partial charge on any atom is -0.274 e. The van der Waals surface area contributed by atoms with Gasteiger partial charge in [-0.25, -0.2) is 4.90 Å². The fraction of sp³-hybridized carbons (Fsp3) is 0.176. The summed E-state index contributed by atoms with van der Waals surface area (Å²) in [6.07, 6.45) is 0.173.